The van der Waals surface area contributed by atoms with E-state index in [1.165, 1.54) is 0 Å². The molecule has 1 heterocycles. The second kappa shape index (κ2) is 8.04. The Kier molecular flexibility index (Phi) is 5.77. The van der Waals surface area contributed by atoms with E-state index in [2.05, 4.69) is 4.98 Å². The second-order valence-electron chi connectivity index (χ2n) is 5.75. The zero-order chi connectivity index (χ0) is 18.7. The van der Waals surface area contributed by atoms with Crippen LogP contribution in [0.4, 0.5) is 5.69 Å². The average molecular weight is 410 g/mol. The molecular weight excluding hydrogens is 395 g/mol. The van der Waals surface area contributed by atoms with Crippen molar-refractivity contribution >= 4 is 40.5 Å². The largest absolute Gasteiger partial charge is 0.455 e. The summed E-state index contributed by atoms with van der Waals surface area (Å²) in [6.45, 7) is 0. The normalized spacial score (nSPS) is 10.7. The number of ether oxygens (including phenoxy) is 1. The lowest BCUT2D eigenvalue weighted by atomic mass is 10.1. The third-order valence-corrected chi connectivity index (χ3v) is 4.50. The van der Waals surface area contributed by atoms with Crippen LogP contribution < -0.4 is 16.0 Å². The maximum absolute atomic E-state index is 12.1. The van der Waals surface area contributed by atoms with Gasteiger partial charge in [0, 0.05) is 33.6 Å². The minimum Gasteiger partial charge on any atom is -0.455 e. The van der Waals surface area contributed by atoms with Gasteiger partial charge in [-0.05, 0) is 42.7 Å². The molecule has 0 aliphatic carbocycles. The average Bonchev–Trinajstić information content (AvgIpc) is 2.56. The number of aromatic amines is 1. The van der Waals surface area contributed by atoms with Crippen LogP contribution >= 0.6 is 34.8 Å². The predicted octanol–water partition coefficient (Wildman–Crippen LogP) is 5.49. The summed E-state index contributed by atoms with van der Waals surface area (Å²) < 4.78 is 5.73. The number of aryl methyl sites for hydroxylation is 2. The number of nitrogens with one attached hydrogen (secondary N) is 1. The van der Waals surface area contributed by atoms with Gasteiger partial charge in [0.1, 0.15) is 10.8 Å². The molecule has 0 spiro atoms. The molecule has 0 amide bonds. The molecule has 0 aliphatic rings. The van der Waals surface area contributed by atoms with Crippen molar-refractivity contribution < 1.29 is 4.74 Å². The second-order valence-corrected chi connectivity index (χ2v) is 7.01. The van der Waals surface area contributed by atoms with Gasteiger partial charge in [0.25, 0.3) is 5.56 Å². The lowest BCUT2D eigenvalue weighted by molar-refractivity contribution is 0.480. The fraction of sp³-hybridized carbons (Fsp3) is 0.105. The molecule has 7 heteroatoms. The third kappa shape index (κ3) is 4.73. The summed E-state index contributed by atoms with van der Waals surface area (Å²) in [7, 11) is 0. The van der Waals surface area contributed by atoms with Crippen LogP contribution in [0.15, 0.2) is 53.3 Å². The molecule has 134 valence electrons. The molecule has 0 saturated heterocycles. The van der Waals surface area contributed by atoms with Gasteiger partial charge in [0.15, 0.2) is 5.75 Å². The summed E-state index contributed by atoms with van der Waals surface area (Å²) in [6.07, 6.45) is 1.31. The molecule has 4 nitrogen and oxygen atoms in total. The van der Waals surface area contributed by atoms with Crippen LogP contribution in [0, 0.1) is 0 Å². The van der Waals surface area contributed by atoms with Gasteiger partial charge in [0.05, 0.1) is 0 Å². The maximum atomic E-state index is 12.1. The Labute approximate surface area is 165 Å². The first kappa shape index (κ1) is 18.6. The highest BCUT2D eigenvalue weighted by atomic mass is 35.5. The van der Waals surface area contributed by atoms with Crippen molar-refractivity contribution in [3.05, 3.63) is 85.2 Å². The van der Waals surface area contributed by atoms with Gasteiger partial charge in [-0.25, -0.2) is 0 Å². The number of nitrogen functional groups attached to an aromatic ring is 1. The van der Waals surface area contributed by atoms with Crippen molar-refractivity contribution in [1.29, 1.82) is 0 Å². The van der Waals surface area contributed by atoms with Crippen molar-refractivity contribution in [1.82, 2.24) is 4.98 Å². The van der Waals surface area contributed by atoms with E-state index in [9.17, 15) is 4.79 Å². The molecule has 0 radical (unpaired) electrons. The van der Waals surface area contributed by atoms with Crippen LogP contribution in [0.5, 0.6) is 11.5 Å². The van der Waals surface area contributed by atoms with Gasteiger partial charge >= 0.3 is 0 Å². The van der Waals surface area contributed by atoms with Crippen LogP contribution in [0.3, 0.4) is 0 Å². The lowest BCUT2D eigenvalue weighted by Crippen LogP contribution is -2.11. The molecule has 3 aromatic rings. The minimum absolute atomic E-state index is 0.0324. The molecule has 0 fully saturated rings. The van der Waals surface area contributed by atoms with Crippen LogP contribution in [0.25, 0.3) is 0 Å². The van der Waals surface area contributed by atoms with Gasteiger partial charge in [-0.1, -0.05) is 46.9 Å². The number of pyridine rings is 1. The van der Waals surface area contributed by atoms with Gasteiger partial charge in [-0.2, -0.15) is 0 Å². The lowest BCUT2D eigenvalue weighted by Gasteiger charge is -2.10. The smallest absolute Gasteiger partial charge is 0.270 e. The molecule has 0 unspecified atom stereocenters. The van der Waals surface area contributed by atoms with E-state index in [0.717, 1.165) is 5.56 Å². The Bertz CT molecular complexity index is 982. The quantitative estimate of drug-likeness (QED) is 0.547. The molecule has 2 aromatic carbocycles. The van der Waals surface area contributed by atoms with Crippen LogP contribution in [0.2, 0.25) is 15.1 Å². The third-order valence-electron chi connectivity index (χ3n) is 3.69. The van der Waals surface area contributed by atoms with Gasteiger partial charge in [-0.3, -0.25) is 4.79 Å². The number of hydrogen-bond acceptors (Lipinski definition) is 3. The van der Waals surface area contributed by atoms with E-state index < -0.39 is 5.56 Å². The zero-order valence-electron chi connectivity index (χ0n) is 13.6. The Morgan fingerprint density at radius 3 is 2.50 bits per heavy atom. The van der Waals surface area contributed by atoms with E-state index in [1.807, 2.05) is 24.3 Å². The number of halogens is 3. The fourth-order valence-electron chi connectivity index (χ4n) is 2.52. The highest BCUT2D eigenvalue weighted by Crippen LogP contribution is 2.30. The summed E-state index contributed by atoms with van der Waals surface area (Å²) in [4.78, 5) is 14.9. The van der Waals surface area contributed by atoms with Gasteiger partial charge < -0.3 is 15.5 Å². The number of rotatable bonds is 5. The SMILES string of the molecule is Nc1cc(Cl)cc(Oc2cc(CCc3cccc(Cl)c3)[nH]c(=O)c2Cl)c1. The van der Waals surface area contributed by atoms with E-state index >= 15 is 0 Å². The number of aromatic nitrogens is 1. The van der Waals surface area contributed by atoms with Crippen LogP contribution in [-0.2, 0) is 12.8 Å². The molecule has 3 rings (SSSR count). The van der Waals surface area contributed by atoms with Crippen molar-refractivity contribution in [2.24, 2.45) is 0 Å². The summed E-state index contributed by atoms with van der Waals surface area (Å²) >= 11 is 18.1. The first-order valence-corrected chi connectivity index (χ1v) is 8.94. The number of H-pyrrole nitrogens is 1. The van der Waals surface area contributed by atoms with Gasteiger partial charge in [-0.15, -0.1) is 0 Å². The van der Waals surface area contributed by atoms with Crippen LogP contribution in [0.1, 0.15) is 11.3 Å². The molecule has 0 bridgehead atoms. The topological polar surface area (TPSA) is 68.1 Å². The summed E-state index contributed by atoms with van der Waals surface area (Å²) in [5.41, 5.74) is 7.56. The minimum atomic E-state index is -0.416. The van der Waals surface area contributed by atoms with E-state index in [0.29, 0.717) is 40.0 Å². The highest BCUT2D eigenvalue weighted by molar-refractivity contribution is 6.32. The Balaban J connectivity index is 1.83. The molecule has 26 heavy (non-hydrogen) atoms. The maximum Gasteiger partial charge on any atom is 0.270 e. The Morgan fingerprint density at radius 2 is 1.77 bits per heavy atom. The molecule has 1 aromatic heterocycles. The van der Waals surface area contributed by atoms with Crippen molar-refractivity contribution in [3.63, 3.8) is 0 Å². The summed E-state index contributed by atoms with van der Waals surface area (Å²) in [6, 6.07) is 14.1. The molecule has 3 N–H and O–H groups in total. The number of anilines is 1. The molecule has 0 atom stereocenters. The summed E-state index contributed by atoms with van der Waals surface area (Å²) in [5, 5.41) is 1.08. The first-order valence-electron chi connectivity index (χ1n) is 7.81. The number of hydrogen-bond donors (Lipinski definition) is 2. The van der Waals surface area contributed by atoms with E-state index in [4.69, 9.17) is 45.3 Å². The van der Waals surface area contributed by atoms with Crippen molar-refractivity contribution in [3.8, 4) is 11.5 Å². The standard InChI is InChI=1S/C19H15Cl3N2O2/c20-12-3-1-2-11(6-12)4-5-15-10-17(18(22)19(25)24-15)26-16-8-13(21)7-14(23)9-16/h1-3,6-10H,4-5,23H2,(H,24,25). The zero-order valence-corrected chi connectivity index (χ0v) is 15.8. The van der Waals surface area contributed by atoms with Crippen molar-refractivity contribution in [2.75, 3.05) is 5.73 Å². The van der Waals surface area contributed by atoms with Crippen LogP contribution in [-0.4, -0.2) is 4.98 Å². The van der Waals surface area contributed by atoms with Gasteiger partial charge in [0.2, 0.25) is 0 Å². The first-order chi connectivity index (χ1) is 12.4. The summed E-state index contributed by atoms with van der Waals surface area (Å²) in [5.74, 6) is 0.654. The predicted molar refractivity (Wildman–Crippen MR) is 107 cm³/mol. The monoisotopic (exact) mass is 408 g/mol. The van der Waals surface area contributed by atoms with Crippen molar-refractivity contribution in [2.45, 2.75) is 12.8 Å². The number of nitrogens with two attached hydrogens (primary N) is 1. The molecule has 0 aliphatic heterocycles. The Morgan fingerprint density at radius 1 is 0.962 bits per heavy atom. The molecule has 0 saturated carbocycles. The number of benzene rings is 2. The Hall–Kier alpha value is -2.14. The van der Waals surface area contributed by atoms with E-state index in [1.54, 1.807) is 24.3 Å². The highest BCUT2D eigenvalue weighted by Gasteiger charge is 2.11. The molecular formula is C19H15Cl3N2O2. The van der Waals surface area contributed by atoms with E-state index in [-0.39, 0.29) is 10.8 Å². The fourth-order valence-corrected chi connectivity index (χ4v) is 3.11.